The Labute approximate surface area is 184 Å². The maximum absolute atomic E-state index is 11.9. The van der Waals surface area contributed by atoms with Crippen LogP contribution < -0.4 is 16.0 Å². The zero-order valence-electron chi connectivity index (χ0n) is 16.6. The highest BCUT2D eigenvalue weighted by Crippen LogP contribution is 2.09. The van der Waals surface area contributed by atoms with Gasteiger partial charge >= 0.3 is 0 Å². The van der Waals surface area contributed by atoms with Crippen LogP contribution in [-0.2, 0) is 16.1 Å². The number of nitrogens with one attached hydrogen (secondary N) is 3. The first-order chi connectivity index (χ1) is 13.2. The number of hydrogen-bond acceptors (Lipinski definition) is 3. The molecule has 0 bridgehead atoms. The van der Waals surface area contributed by atoms with Crippen molar-refractivity contribution in [3.63, 3.8) is 0 Å². The van der Waals surface area contributed by atoms with Gasteiger partial charge < -0.3 is 20.9 Å². The standard InChI is InChI=1S/C20H31N5O2.HI/c1-2-21-20(22-12-7-15-25-14-6-10-19(25)27)23-13-11-18(26)24-16-17-8-4-3-5-9-17;/h3-5,8-9H,2,6-7,10-16H2,1H3,(H,24,26)(H2,21,22,23);1H. The van der Waals surface area contributed by atoms with Gasteiger partial charge in [0.25, 0.3) is 0 Å². The third kappa shape index (κ3) is 9.38. The fourth-order valence-electron chi connectivity index (χ4n) is 2.91. The molecule has 1 fully saturated rings. The molecule has 7 nitrogen and oxygen atoms in total. The van der Waals surface area contributed by atoms with Gasteiger partial charge in [0.1, 0.15) is 0 Å². The number of benzene rings is 1. The molecule has 0 unspecified atom stereocenters. The van der Waals surface area contributed by atoms with E-state index < -0.39 is 0 Å². The van der Waals surface area contributed by atoms with Crippen LogP contribution in [0, 0.1) is 0 Å². The Balaban J connectivity index is 0.00000392. The lowest BCUT2D eigenvalue weighted by Gasteiger charge is -2.15. The zero-order chi connectivity index (χ0) is 19.3. The van der Waals surface area contributed by atoms with E-state index in [-0.39, 0.29) is 35.8 Å². The number of hydrogen-bond donors (Lipinski definition) is 3. The van der Waals surface area contributed by atoms with Gasteiger partial charge in [0.2, 0.25) is 11.8 Å². The van der Waals surface area contributed by atoms with Crippen molar-refractivity contribution in [3.05, 3.63) is 35.9 Å². The Kier molecular flexibility index (Phi) is 12.3. The van der Waals surface area contributed by atoms with Crippen LogP contribution in [0.3, 0.4) is 0 Å². The lowest BCUT2D eigenvalue weighted by molar-refractivity contribution is -0.127. The van der Waals surface area contributed by atoms with Gasteiger partial charge in [0.15, 0.2) is 5.96 Å². The minimum atomic E-state index is 0. The molecule has 0 aromatic heterocycles. The molecule has 2 rings (SSSR count). The Hall–Kier alpha value is -1.84. The molecular weight excluding hydrogens is 469 g/mol. The average Bonchev–Trinajstić information content (AvgIpc) is 3.09. The average molecular weight is 501 g/mol. The predicted molar refractivity (Wildman–Crippen MR) is 123 cm³/mol. The molecule has 1 aromatic carbocycles. The monoisotopic (exact) mass is 501 g/mol. The van der Waals surface area contributed by atoms with E-state index in [0.717, 1.165) is 38.0 Å². The maximum Gasteiger partial charge on any atom is 0.222 e. The Morgan fingerprint density at radius 1 is 1.18 bits per heavy atom. The smallest absolute Gasteiger partial charge is 0.222 e. The number of amides is 2. The van der Waals surface area contributed by atoms with Gasteiger partial charge in [0, 0.05) is 52.1 Å². The minimum absolute atomic E-state index is 0. The number of rotatable bonds is 10. The lowest BCUT2D eigenvalue weighted by atomic mass is 10.2. The van der Waals surface area contributed by atoms with E-state index in [0.29, 0.717) is 38.4 Å². The summed E-state index contributed by atoms with van der Waals surface area (Å²) in [5, 5.41) is 9.28. The molecule has 3 N–H and O–H groups in total. The van der Waals surface area contributed by atoms with Crippen LogP contribution >= 0.6 is 24.0 Å². The van der Waals surface area contributed by atoms with Gasteiger partial charge in [0.05, 0.1) is 0 Å². The number of carbonyl (C=O) groups is 2. The highest BCUT2D eigenvalue weighted by molar-refractivity contribution is 14.0. The summed E-state index contributed by atoms with van der Waals surface area (Å²) in [6.07, 6.45) is 2.89. The number of halogens is 1. The first-order valence-corrected chi connectivity index (χ1v) is 9.79. The minimum Gasteiger partial charge on any atom is -0.357 e. The summed E-state index contributed by atoms with van der Waals surface area (Å²) < 4.78 is 0. The Bertz CT molecular complexity index is 624. The van der Waals surface area contributed by atoms with E-state index in [9.17, 15) is 9.59 Å². The summed E-state index contributed by atoms with van der Waals surface area (Å²) in [7, 11) is 0. The van der Waals surface area contributed by atoms with Crippen molar-refractivity contribution in [1.29, 1.82) is 0 Å². The number of carbonyl (C=O) groups excluding carboxylic acids is 2. The molecule has 0 saturated carbocycles. The number of likely N-dealkylation sites (tertiary alicyclic amines) is 1. The highest BCUT2D eigenvalue weighted by atomic mass is 127. The van der Waals surface area contributed by atoms with Gasteiger partial charge in [-0.05, 0) is 25.3 Å². The molecule has 0 aliphatic carbocycles. The summed E-state index contributed by atoms with van der Waals surface area (Å²) in [5.41, 5.74) is 1.09. The summed E-state index contributed by atoms with van der Waals surface area (Å²) in [6.45, 7) is 6.13. The van der Waals surface area contributed by atoms with E-state index in [1.807, 2.05) is 42.2 Å². The summed E-state index contributed by atoms with van der Waals surface area (Å²) in [4.78, 5) is 30.0. The van der Waals surface area contributed by atoms with E-state index in [1.165, 1.54) is 0 Å². The summed E-state index contributed by atoms with van der Waals surface area (Å²) >= 11 is 0. The molecule has 1 aliphatic heterocycles. The molecule has 0 atom stereocenters. The number of aliphatic imine (C=N–C) groups is 1. The zero-order valence-corrected chi connectivity index (χ0v) is 18.9. The van der Waals surface area contributed by atoms with Crippen LogP contribution in [0.4, 0.5) is 0 Å². The quantitative estimate of drug-likeness (QED) is 0.198. The van der Waals surface area contributed by atoms with Crippen LogP contribution in [0.1, 0.15) is 38.2 Å². The first kappa shape index (κ1) is 24.2. The van der Waals surface area contributed by atoms with Crippen molar-refractivity contribution in [2.75, 3.05) is 32.7 Å². The topological polar surface area (TPSA) is 85.8 Å². The largest absolute Gasteiger partial charge is 0.357 e. The number of nitrogens with zero attached hydrogens (tertiary/aromatic N) is 2. The Morgan fingerprint density at radius 3 is 2.64 bits per heavy atom. The van der Waals surface area contributed by atoms with Gasteiger partial charge in [-0.15, -0.1) is 24.0 Å². The van der Waals surface area contributed by atoms with Gasteiger partial charge in [-0.2, -0.15) is 0 Å². The van der Waals surface area contributed by atoms with Crippen molar-refractivity contribution < 1.29 is 9.59 Å². The molecule has 1 aliphatic rings. The first-order valence-electron chi connectivity index (χ1n) is 9.79. The van der Waals surface area contributed by atoms with Crippen molar-refractivity contribution in [1.82, 2.24) is 20.9 Å². The van der Waals surface area contributed by atoms with Crippen LogP contribution in [0.25, 0.3) is 0 Å². The second kappa shape index (κ2) is 14.2. The van der Waals surface area contributed by atoms with Crippen LogP contribution in [0.15, 0.2) is 35.3 Å². The lowest BCUT2D eigenvalue weighted by Crippen LogP contribution is -2.39. The second-order valence-electron chi connectivity index (χ2n) is 6.54. The van der Waals surface area contributed by atoms with Crippen LogP contribution in [-0.4, -0.2) is 55.4 Å². The molecule has 0 radical (unpaired) electrons. The Morgan fingerprint density at radius 2 is 1.96 bits per heavy atom. The fourth-order valence-corrected chi connectivity index (χ4v) is 2.91. The second-order valence-corrected chi connectivity index (χ2v) is 6.54. The molecule has 8 heteroatoms. The van der Waals surface area contributed by atoms with Gasteiger partial charge in [-0.3, -0.25) is 14.6 Å². The van der Waals surface area contributed by atoms with Crippen LogP contribution in [0.2, 0.25) is 0 Å². The van der Waals surface area contributed by atoms with Crippen molar-refractivity contribution >= 4 is 41.8 Å². The van der Waals surface area contributed by atoms with E-state index in [2.05, 4.69) is 20.9 Å². The van der Waals surface area contributed by atoms with E-state index >= 15 is 0 Å². The van der Waals surface area contributed by atoms with Crippen molar-refractivity contribution in [2.45, 2.75) is 39.2 Å². The third-order valence-electron chi connectivity index (χ3n) is 4.35. The third-order valence-corrected chi connectivity index (χ3v) is 4.35. The predicted octanol–water partition coefficient (Wildman–Crippen LogP) is 1.88. The normalized spacial score (nSPS) is 13.8. The summed E-state index contributed by atoms with van der Waals surface area (Å²) in [5.74, 6) is 0.974. The van der Waals surface area contributed by atoms with E-state index in [4.69, 9.17) is 0 Å². The van der Waals surface area contributed by atoms with Crippen molar-refractivity contribution in [3.8, 4) is 0 Å². The van der Waals surface area contributed by atoms with Crippen LogP contribution in [0.5, 0.6) is 0 Å². The van der Waals surface area contributed by atoms with Crippen molar-refractivity contribution in [2.24, 2.45) is 4.99 Å². The van der Waals surface area contributed by atoms with E-state index in [1.54, 1.807) is 0 Å². The summed E-state index contributed by atoms with van der Waals surface area (Å²) in [6, 6.07) is 9.86. The SMILES string of the molecule is CCNC(=NCCCN1CCCC1=O)NCCC(=O)NCc1ccccc1.I. The van der Waals surface area contributed by atoms with Gasteiger partial charge in [-0.25, -0.2) is 0 Å². The number of guanidine groups is 1. The maximum atomic E-state index is 11.9. The molecular formula is C20H32IN5O2. The molecule has 1 heterocycles. The fraction of sp³-hybridized carbons (Fsp3) is 0.550. The molecule has 2 amide bonds. The molecule has 0 spiro atoms. The van der Waals surface area contributed by atoms with Gasteiger partial charge in [-0.1, -0.05) is 30.3 Å². The molecule has 28 heavy (non-hydrogen) atoms. The molecule has 1 saturated heterocycles. The molecule has 156 valence electrons. The highest BCUT2D eigenvalue weighted by Gasteiger charge is 2.18. The molecule has 1 aromatic rings.